The molecule has 24 heavy (non-hydrogen) atoms. The third-order valence-electron chi connectivity index (χ3n) is 3.42. The molecule has 2 aromatic carbocycles. The Morgan fingerprint density at radius 3 is 2.54 bits per heavy atom. The predicted molar refractivity (Wildman–Crippen MR) is 93.7 cm³/mol. The third-order valence-corrected chi connectivity index (χ3v) is 3.42. The van der Waals surface area contributed by atoms with Crippen molar-refractivity contribution in [1.82, 2.24) is 0 Å². The number of methoxy groups -OCH3 is 1. The summed E-state index contributed by atoms with van der Waals surface area (Å²) in [6, 6.07) is 14.8. The Morgan fingerprint density at radius 1 is 1.12 bits per heavy atom. The SMILES string of the molecule is CCCOc1cc(NC(=O)O[C@@H](C)c2ccccc2)ccc1OC. The van der Waals surface area contributed by atoms with Crippen LogP contribution in [-0.2, 0) is 4.74 Å². The molecule has 0 aliphatic rings. The van der Waals surface area contributed by atoms with Crippen molar-refractivity contribution >= 4 is 11.8 Å². The van der Waals surface area contributed by atoms with E-state index in [2.05, 4.69) is 5.32 Å². The molecule has 2 aromatic rings. The minimum atomic E-state index is -0.516. The van der Waals surface area contributed by atoms with Crippen LogP contribution in [0.3, 0.4) is 0 Å². The van der Waals surface area contributed by atoms with Crippen molar-refractivity contribution in [2.75, 3.05) is 19.0 Å². The molecule has 1 atom stereocenters. The van der Waals surface area contributed by atoms with E-state index in [1.807, 2.05) is 44.2 Å². The van der Waals surface area contributed by atoms with Gasteiger partial charge in [0.25, 0.3) is 0 Å². The minimum Gasteiger partial charge on any atom is -0.493 e. The third kappa shape index (κ3) is 4.91. The summed E-state index contributed by atoms with van der Waals surface area (Å²) in [5.74, 6) is 1.22. The van der Waals surface area contributed by atoms with Gasteiger partial charge < -0.3 is 14.2 Å². The Balaban J connectivity index is 2.00. The molecule has 1 N–H and O–H groups in total. The van der Waals surface area contributed by atoms with Crippen molar-refractivity contribution in [3.8, 4) is 11.5 Å². The molecule has 0 aromatic heterocycles. The van der Waals surface area contributed by atoms with Crippen LogP contribution in [0, 0.1) is 0 Å². The topological polar surface area (TPSA) is 56.8 Å². The van der Waals surface area contributed by atoms with Crippen molar-refractivity contribution in [3.63, 3.8) is 0 Å². The Kier molecular flexibility index (Phi) is 6.49. The molecule has 0 heterocycles. The summed E-state index contributed by atoms with van der Waals surface area (Å²) in [7, 11) is 1.58. The van der Waals surface area contributed by atoms with Crippen molar-refractivity contribution in [3.05, 3.63) is 54.1 Å². The second-order valence-electron chi connectivity index (χ2n) is 5.30. The summed E-state index contributed by atoms with van der Waals surface area (Å²) in [5.41, 5.74) is 1.53. The zero-order chi connectivity index (χ0) is 17.4. The standard InChI is InChI=1S/C19H23NO4/c1-4-12-23-18-13-16(10-11-17(18)22-3)20-19(21)24-14(2)15-8-6-5-7-9-15/h5-11,13-14H,4,12H2,1-3H3,(H,20,21)/t14-/m0/s1. The monoisotopic (exact) mass is 329 g/mol. The molecular weight excluding hydrogens is 306 g/mol. The molecule has 0 spiro atoms. The molecule has 5 heteroatoms. The quantitative estimate of drug-likeness (QED) is 0.793. The fourth-order valence-corrected chi connectivity index (χ4v) is 2.18. The normalized spacial score (nSPS) is 11.5. The van der Waals surface area contributed by atoms with Gasteiger partial charge in [0.05, 0.1) is 13.7 Å². The van der Waals surface area contributed by atoms with Gasteiger partial charge in [-0.05, 0) is 31.0 Å². The van der Waals surface area contributed by atoms with Crippen LogP contribution in [0.2, 0.25) is 0 Å². The lowest BCUT2D eigenvalue weighted by Crippen LogP contribution is -2.16. The van der Waals surface area contributed by atoms with Crippen LogP contribution in [0.15, 0.2) is 48.5 Å². The second kappa shape index (κ2) is 8.82. The van der Waals surface area contributed by atoms with E-state index in [0.29, 0.717) is 23.8 Å². The van der Waals surface area contributed by atoms with Gasteiger partial charge in [0.1, 0.15) is 6.10 Å². The van der Waals surface area contributed by atoms with Gasteiger partial charge in [0.2, 0.25) is 0 Å². The van der Waals surface area contributed by atoms with Gasteiger partial charge >= 0.3 is 6.09 Å². The molecule has 0 bridgehead atoms. The average Bonchev–Trinajstić information content (AvgIpc) is 2.60. The molecule has 5 nitrogen and oxygen atoms in total. The zero-order valence-electron chi connectivity index (χ0n) is 14.2. The average molecular weight is 329 g/mol. The number of amides is 1. The van der Waals surface area contributed by atoms with Gasteiger partial charge in [-0.1, -0.05) is 37.3 Å². The first-order valence-electron chi connectivity index (χ1n) is 7.97. The van der Waals surface area contributed by atoms with Gasteiger partial charge in [-0.2, -0.15) is 0 Å². The molecule has 1 amide bonds. The van der Waals surface area contributed by atoms with Crippen molar-refractivity contribution in [2.45, 2.75) is 26.4 Å². The smallest absolute Gasteiger partial charge is 0.412 e. The fourth-order valence-electron chi connectivity index (χ4n) is 2.18. The van der Waals surface area contributed by atoms with Crippen molar-refractivity contribution < 1.29 is 19.0 Å². The number of carbonyl (C=O) groups excluding carboxylic acids is 1. The van der Waals surface area contributed by atoms with E-state index in [1.165, 1.54) is 0 Å². The number of rotatable bonds is 7. The van der Waals surface area contributed by atoms with Crippen molar-refractivity contribution in [1.29, 1.82) is 0 Å². The lowest BCUT2D eigenvalue weighted by molar-refractivity contribution is 0.121. The molecule has 128 valence electrons. The Morgan fingerprint density at radius 2 is 1.88 bits per heavy atom. The van der Waals surface area contributed by atoms with Crippen LogP contribution in [0.1, 0.15) is 31.9 Å². The molecular formula is C19H23NO4. The summed E-state index contributed by atoms with van der Waals surface area (Å²) in [4.78, 5) is 12.1. The number of ether oxygens (including phenoxy) is 3. The van der Waals surface area contributed by atoms with E-state index in [1.54, 1.807) is 25.3 Å². The van der Waals surface area contributed by atoms with Gasteiger partial charge in [-0.15, -0.1) is 0 Å². The number of anilines is 1. The molecule has 0 aliphatic carbocycles. The van der Waals surface area contributed by atoms with Crippen LogP contribution in [0.5, 0.6) is 11.5 Å². The maximum atomic E-state index is 12.1. The summed E-state index contributed by atoms with van der Waals surface area (Å²) in [6.45, 7) is 4.44. The highest BCUT2D eigenvalue weighted by Gasteiger charge is 2.13. The van der Waals surface area contributed by atoms with Crippen LogP contribution in [-0.4, -0.2) is 19.8 Å². The molecule has 0 saturated heterocycles. The highest BCUT2D eigenvalue weighted by atomic mass is 16.6. The molecule has 0 saturated carbocycles. The molecule has 0 unspecified atom stereocenters. The second-order valence-corrected chi connectivity index (χ2v) is 5.30. The van der Waals surface area contributed by atoms with E-state index >= 15 is 0 Å². The first-order valence-corrected chi connectivity index (χ1v) is 7.97. The van der Waals surface area contributed by atoms with Gasteiger partial charge in [-0.25, -0.2) is 4.79 Å². The predicted octanol–water partition coefficient (Wildman–Crippen LogP) is 4.79. The highest BCUT2D eigenvalue weighted by molar-refractivity contribution is 5.85. The van der Waals surface area contributed by atoms with Crippen LogP contribution >= 0.6 is 0 Å². The highest BCUT2D eigenvalue weighted by Crippen LogP contribution is 2.30. The lowest BCUT2D eigenvalue weighted by Gasteiger charge is -2.15. The maximum Gasteiger partial charge on any atom is 0.412 e. The number of hydrogen-bond donors (Lipinski definition) is 1. The summed E-state index contributed by atoms with van der Waals surface area (Å²) < 4.78 is 16.3. The summed E-state index contributed by atoms with van der Waals surface area (Å²) >= 11 is 0. The Hall–Kier alpha value is -2.69. The van der Waals surface area contributed by atoms with E-state index in [9.17, 15) is 4.79 Å². The molecule has 0 aliphatic heterocycles. The van der Waals surface area contributed by atoms with Crippen LogP contribution in [0.4, 0.5) is 10.5 Å². The lowest BCUT2D eigenvalue weighted by atomic mass is 10.1. The van der Waals surface area contributed by atoms with Gasteiger partial charge in [-0.3, -0.25) is 5.32 Å². The van der Waals surface area contributed by atoms with E-state index in [-0.39, 0.29) is 6.10 Å². The Bertz CT molecular complexity index is 658. The number of hydrogen-bond acceptors (Lipinski definition) is 4. The van der Waals surface area contributed by atoms with E-state index in [0.717, 1.165) is 12.0 Å². The molecule has 2 rings (SSSR count). The summed E-state index contributed by atoms with van der Waals surface area (Å²) in [5, 5.41) is 2.71. The molecule has 0 fully saturated rings. The van der Waals surface area contributed by atoms with E-state index < -0.39 is 6.09 Å². The number of benzene rings is 2. The summed E-state index contributed by atoms with van der Waals surface area (Å²) in [6.07, 6.45) is 0.0375. The Labute approximate surface area is 142 Å². The first-order chi connectivity index (χ1) is 11.6. The fraction of sp³-hybridized carbons (Fsp3) is 0.316. The van der Waals surface area contributed by atoms with Gasteiger partial charge in [0, 0.05) is 11.8 Å². The maximum absolute atomic E-state index is 12.1. The first kappa shape index (κ1) is 17.7. The van der Waals surface area contributed by atoms with Crippen molar-refractivity contribution in [2.24, 2.45) is 0 Å². The molecule has 0 radical (unpaired) electrons. The van der Waals surface area contributed by atoms with Crippen LogP contribution in [0.25, 0.3) is 0 Å². The van der Waals surface area contributed by atoms with E-state index in [4.69, 9.17) is 14.2 Å². The zero-order valence-corrected chi connectivity index (χ0v) is 14.2. The minimum absolute atomic E-state index is 0.333. The van der Waals surface area contributed by atoms with Gasteiger partial charge in [0.15, 0.2) is 11.5 Å². The van der Waals surface area contributed by atoms with Crippen LogP contribution < -0.4 is 14.8 Å². The number of carbonyl (C=O) groups is 1. The number of nitrogens with one attached hydrogen (secondary N) is 1. The largest absolute Gasteiger partial charge is 0.493 e.